The third kappa shape index (κ3) is 3.79. The van der Waals surface area contributed by atoms with Crippen molar-refractivity contribution in [3.8, 4) is 23.0 Å². The molecule has 0 bridgehead atoms. The number of hydrogen-bond donors (Lipinski definition) is 4. The van der Waals surface area contributed by atoms with Crippen LogP contribution in [0.3, 0.4) is 0 Å². The van der Waals surface area contributed by atoms with Gasteiger partial charge in [0.05, 0.1) is 5.41 Å². The van der Waals surface area contributed by atoms with Crippen LogP contribution in [0.2, 0.25) is 0 Å². The summed E-state index contributed by atoms with van der Waals surface area (Å²) in [5.74, 6) is 0.742. The molecule has 4 heteroatoms. The van der Waals surface area contributed by atoms with Crippen molar-refractivity contribution in [1.82, 2.24) is 0 Å². The largest absolute Gasteiger partial charge is 0.508 e. The molecule has 0 aliphatic rings. The van der Waals surface area contributed by atoms with Crippen LogP contribution in [0.4, 0.5) is 0 Å². The van der Waals surface area contributed by atoms with E-state index in [1.807, 2.05) is 71.9 Å². The summed E-state index contributed by atoms with van der Waals surface area (Å²) in [5, 5.41) is 42.9. The molecule has 4 nitrogen and oxygen atoms in total. The average molecular weight is 469 g/mol. The minimum Gasteiger partial charge on any atom is -0.508 e. The van der Waals surface area contributed by atoms with Gasteiger partial charge in [0.2, 0.25) is 0 Å². The summed E-state index contributed by atoms with van der Waals surface area (Å²) in [6.07, 6.45) is 0. The Morgan fingerprint density at radius 1 is 0.400 bits per heavy atom. The second kappa shape index (κ2) is 8.70. The molecule has 4 aromatic rings. The summed E-state index contributed by atoms with van der Waals surface area (Å²) < 4.78 is 0. The minimum absolute atomic E-state index is 0.132. The first-order valence-corrected chi connectivity index (χ1v) is 11.7. The number of para-hydroxylation sites is 1. The molecule has 0 spiro atoms. The monoisotopic (exact) mass is 468 g/mol. The molecule has 180 valence electrons. The second-order valence-electron chi connectivity index (χ2n) is 9.63. The number of rotatable bonds is 4. The van der Waals surface area contributed by atoms with Gasteiger partial charge in [0.1, 0.15) is 23.0 Å². The van der Waals surface area contributed by atoms with Crippen LogP contribution in [-0.2, 0) is 5.41 Å². The number of aryl methyl sites for hydroxylation is 6. The van der Waals surface area contributed by atoms with E-state index >= 15 is 0 Å². The lowest BCUT2D eigenvalue weighted by Gasteiger charge is -2.41. The van der Waals surface area contributed by atoms with Gasteiger partial charge in [-0.15, -0.1) is 0 Å². The zero-order chi connectivity index (χ0) is 25.7. The molecule has 0 heterocycles. The Labute approximate surface area is 206 Å². The summed E-state index contributed by atoms with van der Waals surface area (Å²) in [4.78, 5) is 0. The fraction of sp³-hybridized carbons (Fsp3) is 0.226. The minimum atomic E-state index is -1.00. The van der Waals surface area contributed by atoms with Gasteiger partial charge >= 0.3 is 0 Å². The highest BCUT2D eigenvalue weighted by Crippen LogP contribution is 2.53. The predicted octanol–water partition coefficient (Wildman–Crippen LogP) is 6.74. The molecule has 0 radical (unpaired) electrons. The Kier molecular flexibility index (Phi) is 6.02. The van der Waals surface area contributed by atoms with Crippen LogP contribution in [0.25, 0.3) is 0 Å². The lowest BCUT2D eigenvalue weighted by molar-refractivity contribution is 0.457. The molecule has 4 aromatic carbocycles. The van der Waals surface area contributed by atoms with Gasteiger partial charge in [0.15, 0.2) is 0 Å². The van der Waals surface area contributed by atoms with E-state index in [-0.39, 0.29) is 23.0 Å². The maximum absolute atomic E-state index is 11.3. The van der Waals surface area contributed by atoms with E-state index in [1.165, 1.54) is 0 Å². The van der Waals surface area contributed by atoms with E-state index in [9.17, 15) is 20.4 Å². The predicted molar refractivity (Wildman–Crippen MR) is 140 cm³/mol. The van der Waals surface area contributed by atoms with E-state index in [1.54, 1.807) is 30.3 Å². The van der Waals surface area contributed by atoms with Crippen LogP contribution >= 0.6 is 0 Å². The van der Waals surface area contributed by atoms with Gasteiger partial charge in [-0.05, 0) is 116 Å². The van der Waals surface area contributed by atoms with Gasteiger partial charge in [0.25, 0.3) is 0 Å². The van der Waals surface area contributed by atoms with Crippen molar-refractivity contribution >= 4 is 0 Å². The maximum atomic E-state index is 11.3. The molecule has 0 fully saturated rings. The van der Waals surface area contributed by atoms with Crippen LogP contribution in [0, 0.1) is 41.5 Å². The zero-order valence-corrected chi connectivity index (χ0v) is 21.1. The van der Waals surface area contributed by atoms with Crippen LogP contribution in [0.15, 0.2) is 60.7 Å². The van der Waals surface area contributed by atoms with Crippen LogP contribution in [0.5, 0.6) is 23.0 Å². The Balaban J connectivity index is 2.36. The third-order valence-electron chi connectivity index (χ3n) is 7.15. The number of hydrogen-bond acceptors (Lipinski definition) is 4. The molecule has 0 saturated heterocycles. The number of phenolic OH excluding ortho intramolecular Hbond substituents is 4. The van der Waals surface area contributed by atoms with Crippen LogP contribution in [0.1, 0.15) is 55.6 Å². The van der Waals surface area contributed by atoms with E-state index in [2.05, 4.69) is 0 Å². The van der Waals surface area contributed by atoms with Crippen molar-refractivity contribution in [2.45, 2.75) is 47.0 Å². The maximum Gasteiger partial charge on any atom is 0.120 e. The van der Waals surface area contributed by atoms with Crippen molar-refractivity contribution in [3.05, 3.63) is 116 Å². The summed E-state index contributed by atoms with van der Waals surface area (Å²) in [7, 11) is 0. The van der Waals surface area contributed by atoms with Crippen molar-refractivity contribution in [2.75, 3.05) is 0 Å². The molecular weight excluding hydrogens is 436 g/mol. The second-order valence-corrected chi connectivity index (χ2v) is 9.63. The SMILES string of the molecule is Cc1cc(C(c2cc(C)c(O)cc2C)(c2cc(C)c(O)cc2C)c2ccccc2O)c(C)cc1O. The zero-order valence-electron chi connectivity index (χ0n) is 21.1. The first-order chi connectivity index (χ1) is 16.5. The van der Waals surface area contributed by atoms with E-state index < -0.39 is 5.41 Å². The molecule has 0 aliphatic carbocycles. The number of aromatic hydroxyl groups is 4. The van der Waals surface area contributed by atoms with Crippen molar-refractivity contribution < 1.29 is 20.4 Å². The van der Waals surface area contributed by atoms with Crippen molar-refractivity contribution in [3.63, 3.8) is 0 Å². The van der Waals surface area contributed by atoms with Gasteiger partial charge in [-0.2, -0.15) is 0 Å². The van der Waals surface area contributed by atoms with Gasteiger partial charge < -0.3 is 20.4 Å². The normalized spacial score (nSPS) is 11.6. The molecule has 4 rings (SSSR count). The van der Waals surface area contributed by atoms with E-state index in [0.29, 0.717) is 22.3 Å². The van der Waals surface area contributed by atoms with Crippen LogP contribution < -0.4 is 0 Å². The average Bonchev–Trinajstić information content (AvgIpc) is 2.79. The highest BCUT2D eigenvalue weighted by molar-refractivity contribution is 5.69. The van der Waals surface area contributed by atoms with Crippen molar-refractivity contribution in [1.29, 1.82) is 0 Å². The molecule has 4 N–H and O–H groups in total. The standard InChI is InChI=1S/C31H32O4/c1-17-14-28(33)20(4)11-24(17)31(23-9-7-8-10-27(23)32,25-12-21(5)29(34)15-18(25)2)26-13-22(6)30(35)16-19(26)3/h7-16,32-35H,1-6H3. The molecule has 0 aromatic heterocycles. The smallest absolute Gasteiger partial charge is 0.120 e. The summed E-state index contributed by atoms with van der Waals surface area (Å²) in [6.45, 7) is 11.4. The summed E-state index contributed by atoms with van der Waals surface area (Å²) in [5.41, 5.74) is 7.07. The molecule has 0 unspecified atom stereocenters. The van der Waals surface area contributed by atoms with Gasteiger partial charge in [-0.1, -0.05) is 36.4 Å². The molecule has 0 saturated carbocycles. The number of benzene rings is 4. The molecule has 35 heavy (non-hydrogen) atoms. The first-order valence-electron chi connectivity index (χ1n) is 11.7. The summed E-state index contributed by atoms with van der Waals surface area (Å²) in [6, 6.07) is 18.5. The molecular formula is C31H32O4. The quantitative estimate of drug-likeness (QED) is 0.250. The fourth-order valence-electron chi connectivity index (χ4n) is 5.28. The van der Waals surface area contributed by atoms with Crippen LogP contribution in [-0.4, -0.2) is 20.4 Å². The van der Waals surface area contributed by atoms with Gasteiger partial charge in [-0.25, -0.2) is 0 Å². The van der Waals surface area contributed by atoms with E-state index in [0.717, 1.165) is 33.4 Å². The molecule has 0 amide bonds. The van der Waals surface area contributed by atoms with Gasteiger partial charge in [-0.3, -0.25) is 0 Å². The lowest BCUT2D eigenvalue weighted by Crippen LogP contribution is -2.34. The molecule has 0 atom stereocenters. The van der Waals surface area contributed by atoms with Crippen molar-refractivity contribution in [2.24, 2.45) is 0 Å². The van der Waals surface area contributed by atoms with Gasteiger partial charge in [0, 0.05) is 5.56 Å². The Hall–Kier alpha value is -3.92. The van der Waals surface area contributed by atoms with E-state index in [4.69, 9.17) is 0 Å². The Bertz CT molecular complexity index is 1310. The fourth-order valence-corrected chi connectivity index (χ4v) is 5.28. The summed E-state index contributed by atoms with van der Waals surface area (Å²) >= 11 is 0. The third-order valence-corrected chi connectivity index (χ3v) is 7.15. The Morgan fingerprint density at radius 2 is 0.743 bits per heavy atom. The lowest BCUT2D eigenvalue weighted by atomic mass is 9.61. The molecule has 0 aliphatic heterocycles. The Morgan fingerprint density at radius 3 is 1.09 bits per heavy atom. The highest BCUT2D eigenvalue weighted by atomic mass is 16.3. The first kappa shape index (κ1) is 24.2. The number of phenols is 4. The topological polar surface area (TPSA) is 80.9 Å². The highest BCUT2D eigenvalue weighted by Gasteiger charge is 2.44.